The summed E-state index contributed by atoms with van der Waals surface area (Å²) in [4.78, 5) is 0. The first-order valence-electron chi connectivity index (χ1n) is 5.56. The van der Waals surface area contributed by atoms with Crippen LogP contribution < -0.4 is 10.5 Å². The average molecular weight is 294 g/mol. The second-order valence-corrected chi connectivity index (χ2v) is 4.55. The number of ether oxygens (including phenoxy) is 1. The number of anilines is 1. The molecular weight excluding hydrogens is 282 g/mol. The molecule has 0 saturated carbocycles. The lowest BCUT2D eigenvalue weighted by Gasteiger charge is -2.11. The fourth-order valence-electron chi connectivity index (χ4n) is 1.58. The van der Waals surface area contributed by atoms with Gasteiger partial charge < -0.3 is 15.6 Å². The topological polar surface area (TPSA) is 55.5 Å². The lowest BCUT2D eigenvalue weighted by atomic mass is 10.2. The SMILES string of the molecule is Nc1cc(CCl)ccc1OC(=S)c1ccccc1O. The van der Waals surface area contributed by atoms with Crippen LogP contribution in [0.15, 0.2) is 42.5 Å². The van der Waals surface area contributed by atoms with Gasteiger partial charge in [-0.3, -0.25) is 0 Å². The first-order valence-corrected chi connectivity index (χ1v) is 6.50. The zero-order chi connectivity index (χ0) is 13.8. The molecule has 3 nitrogen and oxygen atoms in total. The van der Waals surface area contributed by atoms with Crippen LogP contribution in [0.2, 0.25) is 0 Å². The predicted molar refractivity (Wildman–Crippen MR) is 80.8 cm³/mol. The van der Waals surface area contributed by atoms with Gasteiger partial charge in [-0.05, 0) is 42.0 Å². The summed E-state index contributed by atoms with van der Waals surface area (Å²) in [7, 11) is 0. The highest BCUT2D eigenvalue weighted by atomic mass is 35.5. The zero-order valence-electron chi connectivity index (χ0n) is 9.97. The Balaban J connectivity index is 2.22. The molecule has 0 saturated heterocycles. The first kappa shape index (κ1) is 13.6. The number of hydrogen-bond acceptors (Lipinski definition) is 4. The van der Waals surface area contributed by atoms with Crippen molar-refractivity contribution in [1.82, 2.24) is 0 Å². The van der Waals surface area contributed by atoms with Crippen molar-refractivity contribution < 1.29 is 9.84 Å². The largest absolute Gasteiger partial charge is 0.507 e. The molecule has 0 radical (unpaired) electrons. The highest BCUT2D eigenvalue weighted by Gasteiger charge is 2.10. The molecule has 2 rings (SSSR count). The van der Waals surface area contributed by atoms with Crippen molar-refractivity contribution in [3.63, 3.8) is 0 Å². The van der Waals surface area contributed by atoms with Gasteiger partial charge in [0.15, 0.2) is 5.75 Å². The maximum atomic E-state index is 9.69. The summed E-state index contributed by atoms with van der Waals surface area (Å²) in [5.74, 6) is 0.902. The van der Waals surface area contributed by atoms with Crippen LogP contribution in [0.4, 0.5) is 5.69 Å². The van der Waals surface area contributed by atoms with Gasteiger partial charge in [-0.2, -0.15) is 0 Å². The monoisotopic (exact) mass is 293 g/mol. The third-order valence-corrected chi connectivity index (χ3v) is 3.17. The third kappa shape index (κ3) is 3.16. The molecule has 98 valence electrons. The summed E-state index contributed by atoms with van der Waals surface area (Å²) < 4.78 is 5.51. The summed E-state index contributed by atoms with van der Waals surface area (Å²) >= 11 is 10.9. The van der Waals surface area contributed by atoms with E-state index in [1.54, 1.807) is 36.4 Å². The molecule has 3 N–H and O–H groups in total. The number of halogens is 1. The Morgan fingerprint density at radius 1 is 1.26 bits per heavy atom. The Morgan fingerprint density at radius 2 is 2.00 bits per heavy atom. The molecule has 2 aromatic rings. The Kier molecular flexibility index (Phi) is 4.24. The van der Waals surface area contributed by atoms with Gasteiger partial charge in [0.1, 0.15) is 5.75 Å². The minimum absolute atomic E-state index is 0.0726. The molecule has 0 fully saturated rings. The minimum atomic E-state index is 0.0726. The number of thiocarbonyl (C=S) groups is 1. The van der Waals surface area contributed by atoms with Crippen LogP contribution in [0.5, 0.6) is 11.5 Å². The van der Waals surface area contributed by atoms with Crippen molar-refractivity contribution in [2.45, 2.75) is 5.88 Å². The maximum absolute atomic E-state index is 9.69. The predicted octanol–water partition coefficient (Wildman–Crippen LogP) is 3.47. The molecule has 5 heteroatoms. The van der Waals surface area contributed by atoms with Crippen LogP contribution in [0, 0.1) is 0 Å². The number of phenols is 1. The molecule has 0 unspecified atom stereocenters. The van der Waals surface area contributed by atoms with Gasteiger partial charge >= 0.3 is 0 Å². The summed E-state index contributed by atoms with van der Waals surface area (Å²) in [5, 5.41) is 9.86. The van der Waals surface area contributed by atoms with E-state index in [1.807, 2.05) is 6.07 Å². The van der Waals surface area contributed by atoms with E-state index in [1.165, 1.54) is 0 Å². The zero-order valence-corrected chi connectivity index (χ0v) is 11.5. The normalized spacial score (nSPS) is 10.2. The van der Waals surface area contributed by atoms with Gasteiger partial charge in [-0.15, -0.1) is 11.6 Å². The van der Waals surface area contributed by atoms with Crippen molar-refractivity contribution in [3.8, 4) is 11.5 Å². The number of aromatic hydroxyl groups is 1. The van der Waals surface area contributed by atoms with Crippen LogP contribution >= 0.6 is 23.8 Å². The summed E-state index contributed by atoms with van der Waals surface area (Å²) in [6.07, 6.45) is 0. The lowest BCUT2D eigenvalue weighted by molar-refractivity contribution is 0.470. The van der Waals surface area contributed by atoms with Crippen LogP contribution in [0.3, 0.4) is 0 Å². The lowest BCUT2D eigenvalue weighted by Crippen LogP contribution is -2.08. The van der Waals surface area contributed by atoms with E-state index >= 15 is 0 Å². The fourth-order valence-corrected chi connectivity index (χ4v) is 2.00. The first-order chi connectivity index (χ1) is 9.11. The van der Waals surface area contributed by atoms with Gasteiger partial charge in [-0.25, -0.2) is 0 Å². The molecule has 0 aromatic heterocycles. The smallest absolute Gasteiger partial charge is 0.201 e. The molecule has 0 amide bonds. The van der Waals surface area contributed by atoms with Crippen molar-refractivity contribution in [3.05, 3.63) is 53.6 Å². The number of alkyl halides is 1. The molecule has 0 spiro atoms. The molecule has 2 aromatic carbocycles. The molecule has 0 aliphatic heterocycles. The maximum Gasteiger partial charge on any atom is 0.201 e. The number of hydrogen-bond donors (Lipinski definition) is 2. The molecule has 19 heavy (non-hydrogen) atoms. The molecule has 0 heterocycles. The van der Waals surface area contributed by atoms with Gasteiger partial charge in [0.2, 0.25) is 5.05 Å². The van der Waals surface area contributed by atoms with E-state index < -0.39 is 0 Å². The minimum Gasteiger partial charge on any atom is -0.507 e. The number of benzene rings is 2. The third-order valence-electron chi connectivity index (χ3n) is 2.56. The van der Waals surface area contributed by atoms with Crippen molar-refractivity contribution >= 4 is 34.6 Å². The van der Waals surface area contributed by atoms with E-state index in [9.17, 15) is 5.11 Å². The summed E-state index contributed by atoms with van der Waals surface area (Å²) in [6, 6.07) is 12.0. The molecule has 0 aliphatic rings. The van der Waals surface area contributed by atoms with E-state index in [0.717, 1.165) is 5.56 Å². The average Bonchev–Trinajstić information content (AvgIpc) is 2.41. The number of nitrogens with two attached hydrogens (primary N) is 1. The van der Waals surface area contributed by atoms with Gasteiger partial charge in [0.05, 0.1) is 11.3 Å². The number of phenolic OH excluding ortho intramolecular Hbond substituents is 1. The van der Waals surface area contributed by atoms with E-state index in [-0.39, 0.29) is 10.8 Å². The van der Waals surface area contributed by atoms with E-state index in [2.05, 4.69) is 0 Å². The fraction of sp³-hybridized carbons (Fsp3) is 0.0714. The van der Waals surface area contributed by atoms with Crippen LogP contribution in [-0.4, -0.2) is 10.2 Å². The second kappa shape index (κ2) is 5.91. The Bertz CT molecular complexity index is 616. The van der Waals surface area contributed by atoms with Gasteiger partial charge in [0, 0.05) is 5.88 Å². The quantitative estimate of drug-likeness (QED) is 0.517. The number of nitrogen functional groups attached to an aromatic ring is 1. The van der Waals surface area contributed by atoms with Crippen LogP contribution in [0.1, 0.15) is 11.1 Å². The highest BCUT2D eigenvalue weighted by molar-refractivity contribution is 7.80. The van der Waals surface area contributed by atoms with Crippen molar-refractivity contribution in [2.24, 2.45) is 0 Å². The summed E-state index contributed by atoms with van der Waals surface area (Å²) in [6.45, 7) is 0. The molecular formula is C14H12ClNO2S. The number of rotatable bonds is 3. The standard InChI is InChI=1S/C14H12ClNO2S/c15-8-9-5-6-13(11(16)7-9)18-14(19)10-3-1-2-4-12(10)17/h1-7,17H,8,16H2. The highest BCUT2D eigenvalue weighted by Crippen LogP contribution is 2.26. The Labute approximate surface area is 121 Å². The van der Waals surface area contributed by atoms with E-state index in [4.69, 9.17) is 34.3 Å². The number of para-hydroxylation sites is 1. The van der Waals surface area contributed by atoms with Crippen molar-refractivity contribution in [1.29, 1.82) is 0 Å². The van der Waals surface area contributed by atoms with Crippen LogP contribution in [0.25, 0.3) is 0 Å². The Morgan fingerprint density at radius 3 is 2.63 bits per heavy atom. The van der Waals surface area contributed by atoms with Gasteiger partial charge in [0.25, 0.3) is 0 Å². The van der Waals surface area contributed by atoms with Crippen molar-refractivity contribution in [2.75, 3.05) is 5.73 Å². The van der Waals surface area contributed by atoms with E-state index in [0.29, 0.717) is 22.9 Å². The summed E-state index contributed by atoms with van der Waals surface area (Å²) in [5.41, 5.74) is 7.67. The molecule has 0 bridgehead atoms. The Hall–Kier alpha value is -1.78. The second-order valence-electron chi connectivity index (χ2n) is 3.91. The van der Waals surface area contributed by atoms with Gasteiger partial charge in [-0.1, -0.05) is 18.2 Å². The molecule has 0 aliphatic carbocycles. The molecule has 0 atom stereocenters. The van der Waals surface area contributed by atoms with Crippen LogP contribution in [-0.2, 0) is 5.88 Å².